The van der Waals surface area contributed by atoms with E-state index in [-0.39, 0.29) is 5.41 Å². The molecule has 2 heterocycles. The molecule has 0 saturated carbocycles. The van der Waals surface area contributed by atoms with E-state index in [4.69, 9.17) is 10.7 Å². The fourth-order valence-corrected chi connectivity index (χ4v) is 2.54. The Morgan fingerprint density at radius 1 is 1.15 bits per heavy atom. The van der Waals surface area contributed by atoms with E-state index in [1.54, 1.807) is 0 Å². The number of hydrogen-bond donors (Lipinski definition) is 1. The molecule has 2 atom stereocenters. The van der Waals surface area contributed by atoms with Crippen molar-refractivity contribution in [2.45, 2.75) is 52.1 Å². The molecule has 1 aromatic rings. The first-order valence-corrected chi connectivity index (χ1v) is 7.30. The highest BCUT2D eigenvalue weighted by atomic mass is 15.3. The Hall–Kier alpha value is -1.36. The Kier molecular flexibility index (Phi) is 3.91. The molecule has 2 rings (SSSR count). The van der Waals surface area contributed by atoms with Crippen LogP contribution in [-0.2, 0) is 5.41 Å². The summed E-state index contributed by atoms with van der Waals surface area (Å²) in [6, 6.07) is 2.90. The maximum absolute atomic E-state index is 5.97. The van der Waals surface area contributed by atoms with E-state index in [0.29, 0.717) is 17.9 Å². The molecule has 0 amide bonds. The summed E-state index contributed by atoms with van der Waals surface area (Å²) in [5.74, 6) is 2.32. The Morgan fingerprint density at radius 2 is 1.70 bits per heavy atom. The van der Waals surface area contributed by atoms with Gasteiger partial charge in [-0.3, -0.25) is 4.90 Å². The van der Waals surface area contributed by atoms with E-state index in [0.717, 1.165) is 24.7 Å². The number of anilines is 2. The molecule has 0 spiro atoms. The maximum atomic E-state index is 5.97. The second kappa shape index (κ2) is 5.20. The molecule has 5 nitrogen and oxygen atoms in total. The largest absolute Gasteiger partial charge is 0.384 e. The van der Waals surface area contributed by atoms with Gasteiger partial charge in [0.2, 0.25) is 0 Å². The second-order valence-electron chi connectivity index (χ2n) is 6.99. The molecule has 2 unspecified atom stereocenters. The highest BCUT2D eigenvalue weighted by Crippen LogP contribution is 2.25. The quantitative estimate of drug-likeness (QED) is 0.849. The minimum atomic E-state index is -0.0893. The van der Waals surface area contributed by atoms with Gasteiger partial charge in [0.15, 0.2) is 0 Å². The van der Waals surface area contributed by atoms with Crippen molar-refractivity contribution in [3.8, 4) is 0 Å². The van der Waals surface area contributed by atoms with Gasteiger partial charge < -0.3 is 10.6 Å². The van der Waals surface area contributed by atoms with Gasteiger partial charge in [-0.1, -0.05) is 20.8 Å². The van der Waals surface area contributed by atoms with E-state index in [1.807, 2.05) is 6.07 Å². The van der Waals surface area contributed by atoms with Crippen molar-refractivity contribution in [3.63, 3.8) is 0 Å². The summed E-state index contributed by atoms with van der Waals surface area (Å²) in [7, 11) is 2.18. The number of aromatic nitrogens is 2. The van der Waals surface area contributed by atoms with Crippen LogP contribution in [0.1, 0.15) is 40.4 Å². The number of nitrogens with zero attached hydrogens (tertiary/aromatic N) is 4. The molecule has 1 aliphatic heterocycles. The SMILES string of the molecule is CC1CN(c2cc(N)nc(C(C)(C)C)n2)CC(C)N1C. The number of likely N-dealkylation sites (N-methyl/N-ethyl adjacent to an activating group) is 1. The fourth-order valence-electron chi connectivity index (χ4n) is 2.54. The van der Waals surface area contributed by atoms with Gasteiger partial charge in [-0.25, -0.2) is 9.97 Å². The average molecular weight is 277 g/mol. The van der Waals surface area contributed by atoms with Crippen LogP contribution in [0.5, 0.6) is 0 Å². The van der Waals surface area contributed by atoms with E-state index < -0.39 is 0 Å². The summed E-state index contributed by atoms with van der Waals surface area (Å²) in [5.41, 5.74) is 5.88. The van der Waals surface area contributed by atoms with Gasteiger partial charge in [-0.05, 0) is 20.9 Å². The van der Waals surface area contributed by atoms with Crippen molar-refractivity contribution in [1.82, 2.24) is 14.9 Å². The number of nitrogen functional groups attached to an aromatic ring is 1. The van der Waals surface area contributed by atoms with Gasteiger partial charge in [-0.15, -0.1) is 0 Å². The summed E-state index contributed by atoms with van der Waals surface area (Å²) in [6.07, 6.45) is 0. The third kappa shape index (κ3) is 3.03. The standard InChI is InChI=1S/C15H27N5/c1-10-8-20(9-11(2)19(10)6)13-7-12(16)17-14(18-13)15(3,4)5/h7,10-11H,8-9H2,1-6H3,(H2,16,17,18). The third-order valence-electron chi connectivity index (χ3n) is 4.09. The van der Waals surface area contributed by atoms with E-state index in [2.05, 4.69) is 56.5 Å². The number of rotatable bonds is 1. The van der Waals surface area contributed by atoms with Crippen LogP contribution in [0.4, 0.5) is 11.6 Å². The first-order valence-electron chi connectivity index (χ1n) is 7.30. The van der Waals surface area contributed by atoms with E-state index in [9.17, 15) is 0 Å². The average Bonchev–Trinajstić information content (AvgIpc) is 2.33. The van der Waals surface area contributed by atoms with Gasteiger partial charge >= 0.3 is 0 Å². The molecule has 5 heteroatoms. The summed E-state index contributed by atoms with van der Waals surface area (Å²) >= 11 is 0. The minimum absolute atomic E-state index is 0.0893. The first kappa shape index (κ1) is 15.0. The lowest BCUT2D eigenvalue weighted by molar-refractivity contribution is 0.169. The van der Waals surface area contributed by atoms with Crippen LogP contribution in [0.25, 0.3) is 0 Å². The lowest BCUT2D eigenvalue weighted by Gasteiger charge is -2.43. The number of piperazine rings is 1. The molecule has 0 bridgehead atoms. The molecule has 1 aliphatic rings. The van der Waals surface area contributed by atoms with Crippen LogP contribution >= 0.6 is 0 Å². The fraction of sp³-hybridized carbons (Fsp3) is 0.733. The lowest BCUT2D eigenvalue weighted by atomic mass is 9.95. The van der Waals surface area contributed by atoms with Crippen LogP contribution in [0.3, 0.4) is 0 Å². The predicted octanol–water partition coefficient (Wildman–Crippen LogP) is 1.89. The Morgan fingerprint density at radius 3 is 2.20 bits per heavy atom. The molecular formula is C15H27N5. The highest BCUT2D eigenvalue weighted by molar-refractivity contribution is 5.48. The molecule has 112 valence electrons. The molecule has 2 N–H and O–H groups in total. The zero-order chi connectivity index (χ0) is 15.1. The summed E-state index contributed by atoms with van der Waals surface area (Å²) < 4.78 is 0. The topological polar surface area (TPSA) is 58.3 Å². The molecule has 1 aromatic heterocycles. The van der Waals surface area contributed by atoms with Gasteiger partial charge in [0, 0.05) is 36.7 Å². The molecule has 20 heavy (non-hydrogen) atoms. The van der Waals surface area contributed by atoms with Crippen LogP contribution in [0.15, 0.2) is 6.07 Å². The van der Waals surface area contributed by atoms with Crippen molar-refractivity contribution in [2.24, 2.45) is 0 Å². The molecule has 0 aliphatic carbocycles. The number of nitrogens with two attached hydrogens (primary N) is 1. The summed E-state index contributed by atoms with van der Waals surface area (Å²) in [6.45, 7) is 12.8. The summed E-state index contributed by atoms with van der Waals surface area (Å²) in [4.78, 5) is 13.9. The van der Waals surface area contributed by atoms with Gasteiger partial charge in [0.05, 0.1) is 0 Å². The second-order valence-corrected chi connectivity index (χ2v) is 6.99. The predicted molar refractivity (Wildman–Crippen MR) is 84.0 cm³/mol. The van der Waals surface area contributed by atoms with Crippen molar-refractivity contribution >= 4 is 11.6 Å². The zero-order valence-electron chi connectivity index (χ0n) is 13.5. The minimum Gasteiger partial charge on any atom is -0.384 e. The van der Waals surface area contributed by atoms with Crippen LogP contribution in [0, 0.1) is 0 Å². The van der Waals surface area contributed by atoms with Crippen LogP contribution in [0.2, 0.25) is 0 Å². The van der Waals surface area contributed by atoms with E-state index in [1.165, 1.54) is 0 Å². The van der Waals surface area contributed by atoms with Crippen LogP contribution < -0.4 is 10.6 Å². The Balaban J connectivity index is 2.31. The van der Waals surface area contributed by atoms with Crippen molar-refractivity contribution in [3.05, 3.63) is 11.9 Å². The van der Waals surface area contributed by atoms with Crippen molar-refractivity contribution in [1.29, 1.82) is 0 Å². The monoisotopic (exact) mass is 277 g/mol. The lowest BCUT2D eigenvalue weighted by Crippen LogP contribution is -2.55. The molecule has 1 fully saturated rings. The van der Waals surface area contributed by atoms with Crippen molar-refractivity contribution in [2.75, 3.05) is 30.8 Å². The van der Waals surface area contributed by atoms with Crippen molar-refractivity contribution < 1.29 is 0 Å². The molecular weight excluding hydrogens is 250 g/mol. The Labute approximate surface area is 122 Å². The molecule has 0 aromatic carbocycles. The van der Waals surface area contributed by atoms with Crippen LogP contribution in [-0.4, -0.2) is 47.1 Å². The van der Waals surface area contributed by atoms with E-state index >= 15 is 0 Å². The first-order chi connectivity index (χ1) is 9.18. The Bertz CT molecular complexity index is 468. The number of hydrogen-bond acceptors (Lipinski definition) is 5. The molecule has 0 radical (unpaired) electrons. The normalized spacial score (nSPS) is 25.0. The highest BCUT2D eigenvalue weighted by Gasteiger charge is 2.28. The third-order valence-corrected chi connectivity index (χ3v) is 4.09. The maximum Gasteiger partial charge on any atom is 0.138 e. The zero-order valence-corrected chi connectivity index (χ0v) is 13.5. The molecule has 1 saturated heterocycles. The van der Waals surface area contributed by atoms with Gasteiger partial charge in [-0.2, -0.15) is 0 Å². The summed E-state index contributed by atoms with van der Waals surface area (Å²) in [5, 5.41) is 0. The van der Waals surface area contributed by atoms with Gasteiger partial charge in [0.25, 0.3) is 0 Å². The smallest absolute Gasteiger partial charge is 0.138 e. The van der Waals surface area contributed by atoms with Gasteiger partial charge in [0.1, 0.15) is 17.5 Å².